The van der Waals surface area contributed by atoms with Crippen molar-refractivity contribution in [3.8, 4) is 0 Å². The van der Waals surface area contributed by atoms with Crippen LogP contribution >= 0.6 is 11.8 Å². The molecule has 1 atom stereocenters. The minimum atomic E-state index is 0. The van der Waals surface area contributed by atoms with Crippen molar-refractivity contribution in [3.63, 3.8) is 0 Å². The van der Waals surface area contributed by atoms with Crippen LogP contribution in [0.25, 0.3) is 0 Å². The van der Waals surface area contributed by atoms with Gasteiger partial charge in [0, 0.05) is 5.25 Å². The van der Waals surface area contributed by atoms with Crippen molar-refractivity contribution in [1.82, 2.24) is 0 Å². The van der Waals surface area contributed by atoms with Crippen LogP contribution in [0.1, 0.15) is 13.8 Å². The summed E-state index contributed by atoms with van der Waals surface area (Å²) in [7, 11) is 0. The molecule has 0 fully saturated rings. The molecule has 0 aromatic heterocycles. The van der Waals surface area contributed by atoms with E-state index >= 15 is 0 Å². The van der Waals surface area contributed by atoms with Gasteiger partial charge in [-0.05, 0) is 0 Å². The molecule has 1 aliphatic heterocycles. The molecule has 0 saturated carbocycles. The average molecular weight is 435 g/mol. The van der Waals surface area contributed by atoms with Crippen molar-refractivity contribution >= 4 is 17.2 Å². The van der Waals surface area contributed by atoms with Gasteiger partial charge in [0.05, 0.1) is 0 Å². The van der Waals surface area contributed by atoms with E-state index in [-0.39, 0.29) is 30.2 Å². The zero-order chi connectivity index (χ0) is 14.3. The van der Waals surface area contributed by atoms with Crippen LogP contribution in [0, 0.1) is 6.08 Å². The summed E-state index contributed by atoms with van der Waals surface area (Å²) < 4.78 is 0. The van der Waals surface area contributed by atoms with Gasteiger partial charge in [-0.2, -0.15) is 35.4 Å². The Labute approximate surface area is 161 Å². The monoisotopic (exact) mass is 432 g/mol. The third-order valence-electron chi connectivity index (χ3n) is 2.22. The summed E-state index contributed by atoms with van der Waals surface area (Å²) in [5.41, 5.74) is 2.86. The molecule has 1 aromatic carbocycles. The Kier molecular flexibility index (Phi) is 14.9. The number of rotatable bonds is 0. The Morgan fingerprint density at radius 2 is 1.76 bits per heavy atom. The van der Waals surface area contributed by atoms with E-state index in [1.165, 1.54) is 16.1 Å². The number of halogens is 2. The molecular weight excluding hydrogens is 414 g/mol. The smallest absolute Gasteiger partial charge is 0.172 e. The maximum absolute atomic E-state index is 3.32. The van der Waals surface area contributed by atoms with E-state index < -0.39 is 0 Å². The van der Waals surface area contributed by atoms with E-state index in [0.29, 0.717) is 5.25 Å². The zero-order valence-corrected chi connectivity index (χ0v) is 18.6. The molecule has 1 aliphatic carbocycles. The van der Waals surface area contributed by atoms with E-state index in [9.17, 15) is 0 Å². The second kappa shape index (κ2) is 13.1. The number of thioether (sulfide) groups is 1. The Morgan fingerprint density at radius 1 is 1.24 bits per heavy atom. The van der Waals surface area contributed by atoms with Crippen molar-refractivity contribution in [1.29, 1.82) is 0 Å². The number of fused-ring (bicyclic) bond motifs is 1. The molecular formula is C16H20Cl2SSiZr-2. The van der Waals surface area contributed by atoms with Crippen molar-refractivity contribution in [2.45, 2.75) is 32.2 Å². The van der Waals surface area contributed by atoms with Crippen LogP contribution in [0.3, 0.4) is 0 Å². The molecule has 0 amide bonds. The minimum Gasteiger partial charge on any atom is -1.00 e. The normalized spacial score (nSPS) is 17.2. The predicted molar refractivity (Wildman–Crippen MR) is 85.2 cm³/mol. The molecule has 0 nitrogen and oxygen atoms in total. The van der Waals surface area contributed by atoms with Crippen LogP contribution in [-0.2, 0) is 23.3 Å². The summed E-state index contributed by atoms with van der Waals surface area (Å²) in [6.45, 7) is 8.93. The second-order valence-electron chi connectivity index (χ2n) is 4.69. The fourth-order valence-electron chi connectivity index (χ4n) is 1.60. The third kappa shape index (κ3) is 10.9. The van der Waals surface area contributed by atoms with Gasteiger partial charge in [-0.25, -0.2) is 18.2 Å². The summed E-state index contributed by atoms with van der Waals surface area (Å²) >= 11 is 3.64. The first-order chi connectivity index (χ1) is 8.99. The Bertz CT molecular complexity index is 483. The van der Waals surface area contributed by atoms with E-state index in [2.05, 4.69) is 45.2 Å². The van der Waals surface area contributed by atoms with Gasteiger partial charge in [0.15, 0.2) is 0 Å². The van der Waals surface area contributed by atoms with Gasteiger partial charge in [-0.15, -0.1) is 22.7 Å². The molecule has 0 spiro atoms. The fraction of sp³-hybridized carbons (Fsp3) is 0.312. The Balaban J connectivity index is 0. The van der Waals surface area contributed by atoms with Crippen LogP contribution in [0.2, 0.25) is 13.1 Å². The van der Waals surface area contributed by atoms with Crippen molar-refractivity contribution in [2.24, 2.45) is 0 Å². The summed E-state index contributed by atoms with van der Waals surface area (Å²) in [5.74, 6) is 0. The summed E-state index contributed by atoms with van der Waals surface area (Å²) in [4.78, 5) is 1.34. The van der Waals surface area contributed by atoms with E-state index in [1.54, 1.807) is 23.3 Å². The molecule has 0 radical (unpaired) electrons. The van der Waals surface area contributed by atoms with Crippen LogP contribution in [0.4, 0.5) is 0 Å². The average Bonchev–Trinajstić information content (AvgIpc) is 2.94. The Hall–Kier alpha value is 0.600. The molecule has 0 N–H and O–H groups in total. The predicted octanol–water partition coefficient (Wildman–Crippen LogP) is -1.11. The molecule has 1 heterocycles. The zero-order valence-electron chi connectivity index (χ0n) is 12.8. The van der Waals surface area contributed by atoms with E-state index in [4.69, 9.17) is 0 Å². The largest absolute Gasteiger partial charge is 1.00 e. The Morgan fingerprint density at radius 3 is 2.14 bits per heavy atom. The molecule has 3 rings (SSSR count). The second-order valence-corrected chi connectivity index (χ2v) is 15.5. The van der Waals surface area contributed by atoms with Crippen LogP contribution in [-0.4, -0.2) is 10.7 Å². The molecule has 2 aliphatic rings. The first-order valence-electron chi connectivity index (χ1n) is 6.38. The first-order valence-corrected chi connectivity index (χ1v) is 13.4. The molecule has 5 heteroatoms. The van der Waals surface area contributed by atoms with Gasteiger partial charge in [0.1, 0.15) is 0 Å². The summed E-state index contributed by atoms with van der Waals surface area (Å²) in [6.07, 6.45) is 7.81. The molecule has 114 valence electrons. The van der Waals surface area contributed by atoms with Gasteiger partial charge < -0.3 is 24.8 Å². The van der Waals surface area contributed by atoms with Gasteiger partial charge >= 0.3 is 41.9 Å². The van der Waals surface area contributed by atoms with Crippen molar-refractivity contribution in [2.75, 3.05) is 0 Å². The van der Waals surface area contributed by atoms with Crippen molar-refractivity contribution in [3.05, 3.63) is 64.6 Å². The number of hydrogen-bond donors (Lipinski definition) is 0. The maximum Gasteiger partial charge on any atom is -0.172 e. The maximum atomic E-state index is 3.32. The van der Waals surface area contributed by atoms with E-state index in [0.717, 1.165) is 0 Å². The standard InChI is InChI=1S/C9H9S.C5H5.C2H6Si.2ClH.Zr/c1-6-3-8-5-7(2)10-9(8)4-6;1-2-4-5-3-1;1-3-2;;;/h3,5,7H,1-2H3;1-5H;1-2H3;2*1H;/q2*-1;;;;+2/p-2. The van der Waals surface area contributed by atoms with E-state index in [1.807, 2.05) is 42.1 Å². The third-order valence-corrected chi connectivity index (χ3v) is 3.30. The van der Waals surface area contributed by atoms with Crippen LogP contribution < -0.4 is 24.8 Å². The van der Waals surface area contributed by atoms with Crippen LogP contribution in [0.5, 0.6) is 0 Å². The molecule has 1 aromatic rings. The number of allylic oxidation sites excluding steroid dienone is 4. The van der Waals surface area contributed by atoms with Crippen LogP contribution in [0.15, 0.2) is 58.5 Å². The molecule has 1 unspecified atom stereocenters. The molecule has 0 bridgehead atoms. The fourth-order valence-corrected chi connectivity index (χ4v) is 2.67. The summed E-state index contributed by atoms with van der Waals surface area (Å²) in [5, 5.41) is 0.654. The van der Waals surface area contributed by atoms with Gasteiger partial charge in [-0.1, -0.05) is 13.8 Å². The van der Waals surface area contributed by atoms with Gasteiger partial charge in [0.2, 0.25) is 0 Å². The minimum absolute atomic E-state index is 0. The molecule has 21 heavy (non-hydrogen) atoms. The number of hydrogen-bond acceptors (Lipinski definition) is 1. The quantitative estimate of drug-likeness (QED) is 0.369. The van der Waals surface area contributed by atoms with Gasteiger partial charge in [-0.3, -0.25) is 0 Å². The van der Waals surface area contributed by atoms with Crippen molar-refractivity contribution < 1.29 is 48.1 Å². The van der Waals surface area contributed by atoms with Gasteiger partial charge in [0.25, 0.3) is 0 Å². The SMILES string of the molecule is CC1=CC2=CC(C)SC2=[C-]1.C[Si](C)=[Zr+2].[Cl-].[Cl-].c1cc[cH-]c1. The summed E-state index contributed by atoms with van der Waals surface area (Å²) in [6, 6.07) is 10.0. The molecule has 0 saturated heterocycles. The first kappa shape index (κ1) is 23.9. The topological polar surface area (TPSA) is 0 Å².